The van der Waals surface area contributed by atoms with Gasteiger partial charge in [0.15, 0.2) is 29.2 Å². The summed E-state index contributed by atoms with van der Waals surface area (Å²) in [7, 11) is 2.96. The SMILES string of the molecule is C=C1C[C@H]2C=Nc3cc(OCCCCCOc4cc5c(cc4OC)C(=O)N4CC(=C)C[C@H]4[C@H](O)N5C(=O)OCc4ccc(NC(=O)C(C)NC(=O)[C@@H](NC(=O)CCCCCN5C(=O)C=CC5=O)C(C)C)cc4)c(OC)cc3C(=O)N2C1. The summed E-state index contributed by atoms with van der Waals surface area (Å²) >= 11 is 0. The molecular formula is C59H70N8O14. The monoisotopic (exact) mass is 1110 g/mol. The van der Waals surface area contributed by atoms with E-state index in [0.717, 1.165) is 15.4 Å². The largest absolute Gasteiger partial charge is 0.493 e. The summed E-state index contributed by atoms with van der Waals surface area (Å²) in [5.41, 5.74) is 3.70. The van der Waals surface area contributed by atoms with Crippen molar-refractivity contribution in [3.05, 3.63) is 102 Å². The summed E-state index contributed by atoms with van der Waals surface area (Å²) < 4.78 is 29.4. The molecule has 3 aromatic rings. The fourth-order valence-electron chi connectivity index (χ4n) is 10.2. The summed E-state index contributed by atoms with van der Waals surface area (Å²) in [6.07, 6.45) is 6.37. The van der Waals surface area contributed by atoms with Crippen LogP contribution in [0.15, 0.2) is 90.0 Å². The molecule has 0 spiro atoms. The Hall–Kier alpha value is -8.53. The summed E-state index contributed by atoms with van der Waals surface area (Å²) in [6.45, 7) is 14.4. The molecule has 0 aliphatic carbocycles. The Labute approximate surface area is 470 Å². The number of aliphatic hydroxyl groups is 1. The van der Waals surface area contributed by atoms with Crippen LogP contribution in [0, 0.1) is 5.92 Å². The van der Waals surface area contributed by atoms with E-state index in [9.17, 15) is 43.5 Å². The molecule has 22 nitrogen and oxygen atoms in total. The van der Waals surface area contributed by atoms with E-state index >= 15 is 0 Å². The highest BCUT2D eigenvalue weighted by Gasteiger charge is 2.46. The molecule has 5 heterocycles. The lowest BCUT2D eigenvalue weighted by atomic mass is 10.0. The molecule has 430 valence electrons. The van der Waals surface area contributed by atoms with Gasteiger partial charge in [-0.1, -0.05) is 56.7 Å². The quantitative estimate of drug-likeness (QED) is 0.0447. The number of rotatable bonds is 24. The number of methoxy groups -OCH3 is 2. The molecule has 5 atom stereocenters. The van der Waals surface area contributed by atoms with Gasteiger partial charge in [0, 0.05) is 62.2 Å². The van der Waals surface area contributed by atoms with E-state index in [2.05, 4.69) is 34.1 Å². The fourth-order valence-corrected chi connectivity index (χ4v) is 10.2. The van der Waals surface area contributed by atoms with Crippen molar-refractivity contribution in [2.75, 3.05) is 57.3 Å². The Balaban J connectivity index is 0.829. The summed E-state index contributed by atoms with van der Waals surface area (Å²) in [6, 6.07) is 9.95. The van der Waals surface area contributed by atoms with Crippen LogP contribution < -0.4 is 39.8 Å². The molecule has 0 radical (unpaired) electrons. The van der Waals surface area contributed by atoms with Gasteiger partial charge in [0.25, 0.3) is 23.6 Å². The van der Waals surface area contributed by atoms with Gasteiger partial charge in [-0.05, 0) is 87.6 Å². The van der Waals surface area contributed by atoms with E-state index in [-0.39, 0.29) is 97.5 Å². The number of hydrogen-bond donors (Lipinski definition) is 4. The smallest absolute Gasteiger partial charge is 0.416 e. The molecule has 22 heteroatoms. The maximum atomic E-state index is 14.2. The Morgan fingerprint density at radius 2 is 1.35 bits per heavy atom. The number of anilines is 2. The van der Waals surface area contributed by atoms with Crippen LogP contribution >= 0.6 is 0 Å². The number of ether oxygens (including phenoxy) is 5. The third-order valence-corrected chi connectivity index (χ3v) is 14.7. The number of hydrogen-bond acceptors (Lipinski definition) is 15. The number of carbonyl (C=O) groups is 8. The van der Waals surface area contributed by atoms with Crippen LogP contribution in [0.3, 0.4) is 0 Å². The predicted octanol–water partition coefficient (Wildman–Crippen LogP) is 6.13. The van der Waals surface area contributed by atoms with Crippen molar-refractivity contribution in [3.63, 3.8) is 0 Å². The standard InChI is InChI=1S/C59H70N8O14/c1-34(2)53(63-50(68)14-10-8-11-21-64-51(69)19-20-52(64)70)55(72)61-37(5)54(71)62-39-17-15-38(16-18-39)33-81-59(76)67-44-29-49(47(78-7)27-42(44)57(74)66-32-36(4)25-45(66)58(67)75)80-23-13-9-12-22-79-48-28-43-41(26-46(48)77-6)56(73)65-31-35(3)24-40(65)30-60-43/h15-20,26-30,34,37,40,45,53,58,75H,3-4,8-14,21-25,31-33H2,1-2,5-7H3,(H,61,72)(H,62,71)(H,63,68)/t37?,40-,45-,53-,58-/m0/s1. The van der Waals surface area contributed by atoms with Crippen molar-refractivity contribution in [3.8, 4) is 23.0 Å². The molecule has 8 amide bonds. The zero-order chi connectivity index (χ0) is 58.1. The molecule has 0 aromatic heterocycles. The van der Waals surface area contributed by atoms with Crippen LogP contribution in [0.4, 0.5) is 21.9 Å². The molecule has 1 unspecified atom stereocenters. The van der Waals surface area contributed by atoms with Gasteiger partial charge in [0.05, 0.1) is 62.0 Å². The number of benzene rings is 3. The number of carbonyl (C=O) groups excluding carboxylic acids is 8. The van der Waals surface area contributed by atoms with Crippen LogP contribution in [-0.4, -0.2) is 151 Å². The number of aliphatic imine (C=N–C) groups is 1. The average Bonchev–Trinajstić information content (AvgIpc) is 4.34. The van der Waals surface area contributed by atoms with Gasteiger partial charge in [-0.2, -0.15) is 0 Å². The van der Waals surface area contributed by atoms with Crippen molar-refractivity contribution < 1.29 is 67.1 Å². The maximum Gasteiger partial charge on any atom is 0.416 e. The highest BCUT2D eigenvalue weighted by atomic mass is 16.6. The molecular weight excluding hydrogens is 1040 g/mol. The molecule has 5 aliphatic rings. The first-order valence-corrected chi connectivity index (χ1v) is 27.2. The van der Waals surface area contributed by atoms with Gasteiger partial charge in [-0.15, -0.1) is 0 Å². The van der Waals surface area contributed by atoms with Crippen molar-refractivity contribution in [2.45, 2.75) is 116 Å². The van der Waals surface area contributed by atoms with Gasteiger partial charge in [0.2, 0.25) is 17.7 Å². The molecule has 0 bridgehead atoms. The highest BCUT2D eigenvalue weighted by Crippen LogP contribution is 2.43. The molecule has 3 aromatic carbocycles. The Bertz CT molecular complexity index is 3010. The summed E-state index contributed by atoms with van der Waals surface area (Å²) in [4.78, 5) is 115. The maximum absolute atomic E-state index is 14.2. The number of fused-ring (bicyclic) bond motifs is 4. The number of amides is 8. The average molecular weight is 1120 g/mol. The van der Waals surface area contributed by atoms with Crippen molar-refractivity contribution in [1.29, 1.82) is 0 Å². The van der Waals surface area contributed by atoms with Gasteiger partial charge >= 0.3 is 6.09 Å². The van der Waals surface area contributed by atoms with Gasteiger partial charge < -0.3 is 54.5 Å². The Kier molecular flexibility index (Phi) is 18.9. The molecule has 81 heavy (non-hydrogen) atoms. The first kappa shape index (κ1) is 58.6. The first-order valence-electron chi connectivity index (χ1n) is 27.2. The zero-order valence-electron chi connectivity index (χ0n) is 46.3. The Morgan fingerprint density at radius 1 is 0.728 bits per heavy atom. The zero-order valence-corrected chi connectivity index (χ0v) is 46.3. The molecule has 2 saturated heterocycles. The lowest BCUT2D eigenvalue weighted by Gasteiger charge is -2.31. The van der Waals surface area contributed by atoms with E-state index in [4.69, 9.17) is 23.7 Å². The molecule has 2 fully saturated rings. The lowest BCUT2D eigenvalue weighted by Crippen LogP contribution is -2.53. The third-order valence-electron chi connectivity index (χ3n) is 14.7. The van der Waals surface area contributed by atoms with Crippen LogP contribution in [0.25, 0.3) is 0 Å². The highest BCUT2D eigenvalue weighted by molar-refractivity contribution is 6.13. The third kappa shape index (κ3) is 13.7. The number of nitrogens with one attached hydrogen (secondary N) is 3. The number of imide groups is 1. The van der Waals surface area contributed by atoms with E-state index in [1.165, 1.54) is 50.3 Å². The second-order valence-corrected chi connectivity index (χ2v) is 21.0. The molecule has 5 aliphatic heterocycles. The van der Waals surface area contributed by atoms with Gasteiger partial charge in [0.1, 0.15) is 18.7 Å². The lowest BCUT2D eigenvalue weighted by molar-refractivity contribution is -0.137. The topological polar surface area (TPSA) is 264 Å². The summed E-state index contributed by atoms with van der Waals surface area (Å²) in [5, 5.41) is 20.1. The molecule has 0 saturated carbocycles. The second kappa shape index (κ2) is 26.2. The second-order valence-electron chi connectivity index (χ2n) is 21.0. The van der Waals surface area contributed by atoms with Gasteiger partial charge in [-0.25, -0.2) is 9.69 Å². The van der Waals surface area contributed by atoms with Crippen molar-refractivity contribution in [2.24, 2.45) is 10.9 Å². The number of nitrogens with zero attached hydrogens (tertiary/aromatic N) is 5. The van der Waals surface area contributed by atoms with E-state index < -0.39 is 48.2 Å². The van der Waals surface area contributed by atoms with E-state index in [1.54, 1.807) is 61.4 Å². The molecule has 8 rings (SSSR count). The van der Waals surface area contributed by atoms with Crippen LogP contribution in [0.1, 0.15) is 105 Å². The van der Waals surface area contributed by atoms with Gasteiger partial charge in [-0.3, -0.25) is 43.5 Å². The minimum absolute atomic E-state index is 0.0625. The first-order chi connectivity index (χ1) is 38.8. The van der Waals surface area contributed by atoms with Crippen molar-refractivity contribution in [1.82, 2.24) is 25.3 Å². The fraction of sp³-hybridized carbons (Fsp3) is 0.441. The van der Waals surface area contributed by atoms with Crippen molar-refractivity contribution >= 4 is 70.7 Å². The Morgan fingerprint density at radius 3 is 2.01 bits per heavy atom. The minimum atomic E-state index is -1.53. The van der Waals surface area contributed by atoms with E-state index in [1.807, 2.05) is 0 Å². The predicted molar refractivity (Wildman–Crippen MR) is 299 cm³/mol. The van der Waals surface area contributed by atoms with Crippen LogP contribution in [0.2, 0.25) is 0 Å². The summed E-state index contributed by atoms with van der Waals surface area (Å²) in [5.74, 6) is -1.61. The van der Waals surface area contributed by atoms with Crippen LogP contribution in [-0.2, 0) is 35.3 Å². The number of aliphatic hydroxyl groups excluding tert-OH is 1. The normalized spacial score (nSPS) is 18.9. The molecule has 4 N–H and O–H groups in total. The number of unbranched alkanes of at least 4 members (excludes halogenated alkanes) is 4. The van der Waals surface area contributed by atoms with Crippen LogP contribution in [0.5, 0.6) is 23.0 Å². The van der Waals surface area contributed by atoms with E-state index in [0.29, 0.717) is 97.7 Å². The minimum Gasteiger partial charge on any atom is -0.493 e.